The van der Waals surface area contributed by atoms with Crippen LogP contribution in [-0.4, -0.2) is 12.1 Å². The van der Waals surface area contributed by atoms with Crippen molar-refractivity contribution >= 4 is 14.0 Å². The normalized spacial score (nSPS) is 27.0. The standard InChI is InChI=1S/C6H7OP/c1-2-4-7-6-8-5-3-1/h1-5H,6H2/b3-1-,4-2-. The molecule has 0 atom stereocenters. The Hall–Kier alpha value is -0.550. The van der Waals surface area contributed by atoms with Crippen LogP contribution < -0.4 is 0 Å². The van der Waals surface area contributed by atoms with Crippen LogP contribution in [-0.2, 0) is 4.74 Å². The highest BCUT2D eigenvalue weighted by molar-refractivity contribution is 7.38. The van der Waals surface area contributed by atoms with E-state index in [-0.39, 0.29) is 0 Å². The molecule has 0 aromatic heterocycles. The Morgan fingerprint density at radius 1 is 1.25 bits per heavy atom. The van der Waals surface area contributed by atoms with Crippen LogP contribution in [0.25, 0.3) is 0 Å². The summed E-state index contributed by atoms with van der Waals surface area (Å²) >= 11 is 0. The molecular formula is C6H7OP. The molecule has 1 aliphatic heterocycles. The van der Waals surface area contributed by atoms with Crippen molar-refractivity contribution in [3.63, 3.8) is 0 Å². The topological polar surface area (TPSA) is 9.23 Å². The van der Waals surface area contributed by atoms with Gasteiger partial charge in [-0.2, -0.15) is 0 Å². The summed E-state index contributed by atoms with van der Waals surface area (Å²) in [5, 5.41) is 0. The van der Waals surface area contributed by atoms with E-state index in [9.17, 15) is 0 Å². The highest BCUT2D eigenvalue weighted by Gasteiger charge is 1.74. The Morgan fingerprint density at radius 2 is 2.25 bits per heavy atom. The number of rotatable bonds is 0. The maximum absolute atomic E-state index is 5.00. The summed E-state index contributed by atoms with van der Waals surface area (Å²) < 4.78 is 5.00. The monoisotopic (exact) mass is 126 g/mol. The minimum Gasteiger partial charge on any atom is -0.493 e. The van der Waals surface area contributed by atoms with Crippen molar-refractivity contribution in [3.05, 3.63) is 24.5 Å². The lowest BCUT2D eigenvalue weighted by Gasteiger charge is -1.92. The molecule has 42 valence electrons. The number of hydrogen-bond acceptors (Lipinski definition) is 1. The van der Waals surface area contributed by atoms with Crippen molar-refractivity contribution in [2.24, 2.45) is 0 Å². The van der Waals surface area contributed by atoms with Gasteiger partial charge in [-0.25, -0.2) is 0 Å². The molecule has 0 fully saturated rings. The minimum absolute atomic E-state index is 0.779. The molecule has 0 spiro atoms. The zero-order valence-electron chi connectivity index (χ0n) is 4.45. The molecule has 1 heterocycles. The van der Waals surface area contributed by atoms with Crippen LogP contribution in [0.3, 0.4) is 0 Å². The van der Waals surface area contributed by atoms with Gasteiger partial charge in [-0.3, -0.25) is 0 Å². The first-order valence-electron chi connectivity index (χ1n) is 2.43. The maximum Gasteiger partial charge on any atom is 0.128 e. The van der Waals surface area contributed by atoms with Gasteiger partial charge in [-0.1, -0.05) is 20.4 Å². The van der Waals surface area contributed by atoms with Crippen molar-refractivity contribution in [1.29, 1.82) is 0 Å². The highest BCUT2D eigenvalue weighted by atomic mass is 31.1. The van der Waals surface area contributed by atoms with Crippen LogP contribution in [0.4, 0.5) is 0 Å². The smallest absolute Gasteiger partial charge is 0.128 e. The van der Waals surface area contributed by atoms with E-state index >= 15 is 0 Å². The predicted octanol–water partition coefficient (Wildman–Crippen LogP) is 1.79. The quantitative estimate of drug-likeness (QED) is 0.449. The number of allylic oxidation sites excluding steroid dienone is 3. The summed E-state index contributed by atoms with van der Waals surface area (Å²) in [6, 6.07) is 0. The maximum atomic E-state index is 5.00. The van der Waals surface area contributed by atoms with Gasteiger partial charge in [0.15, 0.2) is 0 Å². The van der Waals surface area contributed by atoms with E-state index in [4.69, 9.17) is 4.74 Å². The summed E-state index contributed by atoms with van der Waals surface area (Å²) in [5.41, 5.74) is 0. The van der Waals surface area contributed by atoms with E-state index in [0.29, 0.717) is 0 Å². The Morgan fingerprint density at radius 3 is 3.25 bits per heavy atom. The molecule has 0 saturated carbocycles. The second-order valence-electron chi connectivity index (χ2n) is 1.34. The summed E-state index contributed by atoms with van der Waals surface area (Å²) in [6.45, 7) is 0. The van der Waals surface area contributed by atoms with E-state index in [0.717, 1.165) is 6.35 Å². The van der Waals surface area contributed by atoms with Crippen molar-refractivity contribution in [2.75, 3.05) is 6.35 Å². The third-order valence-corrected chi connectivity index (χ3v) is 1.42. The molecule has 0 aliphatic carbocycles. The van der Waals surface area contributed by atoms with Gasteiger partial charge in [0.2, 0.25) is 0 Å². The van der Waals surface area contributed by atoms with Crippen molar-refractivity contribution in [2.45, 2.75) is 0 Å². The lowest BCUT2D eigenvalue weighted by Crippen LogP contribution is -1.75. The van der Waals surface area contributed by atoms with Crippen molar-refractivity contribution in [3.8, 4) is 0 Å². The third kappa shape index (κ3) is 1.94. The molecule has 0 bridgehead atoms. The minimum atomic E-state index is 0.779. The molecule has 1 rings (SSSR count). The average Bonchev–Trinajstić information content (AvgIpc) is 1.62. The lowest BCUT2D eigenvalue weighted by atomic mass is 10.5. The molecule has 0 aromatic rings. The molecule has 2 heteroatoms. The zero-order chi connectivity index (χ0) is 5.66. The molecule has 0 aromatic carbocycles. The molecule has 0 unspecified atom stereocenters. The van der Waals surface area contributed by atoms with Gasteiger partial charge in [0.05, 0.1) is 6.26 Å². The molecule has 0 radical (unpaired) electrons. The van der Waals surface area contributed by atoms with Gasteiger partial charge in [-0.05, 0) is 11.9 Å². The number of hydrogen-bond donors (Lipinski definition) is 0. The highest BCUT2D eigenvalue weighted by Crippen LogP contribution is 1.97. The molecule has 1 nitrogen and oxygen atoms in total. The van der Waals surface area contributed by atoms with Gasteiger partial charge in [0.1, 0.15) is 6.35 Å². The van der Waals surface area contributed by atoms with Crippen LogP contribution in [0, 0.1) is 0 Å². The van der Waals surface area contributed by atoms with Gasteiger partial charge < -0.3 is 4.74 Å². The van der Waals surface area contributed by atoms with Crippen LogP contribution in [0.5, 0.6) is 0 Å². The summed E-state index contributed by atoms with van der Waals surface area (Å²) in [4.78, 5) is 0. The van der Waals surface area contributed by atoms with Gasteiger partial charge in [-0.15, -0.1) is 0 Å². The van der Waals surface area contributed by atoms with E-state index in [2.05, 4.69) is 5.80 Å². The van der Waals surface area contributed by atoms with Crippen molar-refractivity contribution in [1.82, 2.24) is 0 Å². The van der Waals surface area contributed by atoms with Gasteiger partial charge >= 0.3 is 0 Å². The molecule has 8 heavy (non-hydrogen) atoms. The molecule has 0 N–H and O–H groups in total. The van der Waals surface area contributed by atoms with Crippen LogP contribution in [0.2, 0.25) is 0 Å². The summed E-state index contributed by atoms with van der Waals surface area (Å²) in [7, 11) is 1.22. The van der Waals surface area contributed by atoms with E-state index in [1.807, 2.05) is 18.2 Å². The largest absolute Gasteiger partial charge is 0.493 e. The van der Waals surface area contributed by atoms with Crippen molar-refractivity contribution < 1.29 is 4.74 Å². The Labute approximate surface area is 50.5 Å². The first-order valence-corrected chi connectivity index (χ1v) is 3.58. The fraction of sp³-hybridized carbons (Fsp3) is 0.167. The third-order valence-electron chi connectivity index (χ3n) is 0.738. The Balaban J connectivity index is 2.51. The lowest BCUT2D eigenvalue weighted by molar-refractivity contribution is 0.316. The van der Waals surface area contributed by atoms with Crippen LogP contribution >= 0.6 is 8.20 Å². The molecular weight excluding hydrogens is 119 g/mol. The second-order valence-corrected chi connectivity index (χ2v) is 2.26. The molecule has 1 aliphatic rings. The van der Waals surface area contributed by atoms with Gasteiger partial charge in [0, 0.05) is 0 Å². The first kappa shape index (κ1) is 5.58. The second kappa shape index (κ2) is 3.45. The summed E-state index contributed by atoms with van der Waals surface area (Å²) in [6.07, 6.45) is 8.33. The summed E-state index contributed by atoms with van der Waals surface area (Å²) in [5.74, 6) is 2.06. The molecule has 0 saturated heterocycles. The Kier molecular flexibility index (Phi) is 2.41. The van der Waals surface area contributed by atoms with E-state index in [1.54, 1.807) is 6.26 Å². The zero-order valence-corrected chi connectivity index (χ0v) is 5.34. The van der Waals surface area contributed by atoms with E-state index < -0.39 is 0 Å². The number of ether oxygens (including phenoxy) is 1. The van der Waals surface area contributed by atoms with E-state index in [1.165, 1.54) is 8.20 Å². The first-order chi connectivity index (χ1) is 4.00. The SMILES string of the molecule is C1=PCO/C=C\C=C/1. The fourth-order valence-electron chi connectivity index (χ4n) is 0.405. The van der Waals surface area contributed by atoms with Crippen LogP contribution in [0.15, 0.2) is 24.5 Å². The molecule has 0 amide bonds. The predicted molar refractivity (Wildman–Crippen MR) is 37.2 cm³/mol. The van der Waals surface area contributed by atoms with Gasteiger partial charge in [0.25, 0.3) is 0 Å². The Bertz CT molecular complexity index is 119. The fourth-order valence-corrected chi connectivity index (χ4v) is 0.884. The average molecular weight is 126 g/mol. The van der Waals surface area contributed by atoms with Crippen LogP contribution in [0.1, 0.15) is 0 Å².